The van der Waals surface area contributed by atoms with Crippen molar-refractivity contribution in [2.75, 3.05) is 46.8 Å². The predicted octanol–water partition coefficient (Wildman–Crippen LogP) is 0.827. The van der Waals surface area contributed by atoms with E-state index in [1.54, 1.807) is 0 Å². The molecule has 1 heterocycles. The Balaban J connectivity index is 2.24. The van der Waals surface area contributed by atoms with Gasteiger partial charge < -0.3 is 15.0 Å². The zero-order valence-electron chi connectivity index (χ0n) is 12.4. The fourth-order valence-electron chi connectivity index (χ4n) is 2.49. The molecular formula is C14H29N3O. The second-order valence-electron chi connectivity index (χ2n) is 6.28. The molecular weight excluding hydrogens is 226 g/mol. The number of hydrogen-bond donors (Lipinski definition) is 1. The average molecular weight is 255 g/mol. The summed E-state index contributed by atoms with van der Waals surface area (Å²) in [5, 5.41) is 3.62. The Hall–Kier alpha value is -0.450. The molecule has 1 N–H and O–H groups in total. The molecule has 106 valence electrons. The molecule has 0 aromatic rings. The number of carbonyl (C=O) groups excluding carboxylic acids is 1. The molecule has 1 aliphatic heterocycles. The van der Waals surface area contributed by atoms with Crippen molar-refractivity contribution < 1.29 is 4.79 Å². The van der Waals surface area contributed by atoms with E-state index in [0.717, 1.165) is 19.4 Å². The van der Waals surface area contributed by atoms with Gasteiger partial charge in [-0.2, -0.15) is 0 Å². The summed E-state index contributed by atoms with van der Waals surface area (Å²) < 4.78 is 0. The maximum Gasteiger partial charge on any atom is 0.133 e. The van der Waals surface area contributed by atoms with Gasteiger partial charge in [-0.25, -0.2) is 0 Å². The lowest BCUT2D eigenvalue weighted by Crippen LogP contribution is -2.46. The van der Waals surface area contributed by atoms with Gasteiger partial charge in [0.2, 0.25) is 0 Å². The van der Waals surface area contributed by atoms with E-state index in [1.165, 1.54) is 25.9 Å². The molecule has 1 saturated heterocycles. The SMILES string of the molecule is CC(CN(C)CC=O)NCC1(C)CCN(C)CC1. The van der Waals surface area contributed by atoms with Gasteiger partial charge in [-0.1, -0.05) is 6.92 Å². The molecule has 1 atom stereocenters. The number of nitrogens with zero attached hydrogens (tertiary/aromatic N) is 2. The number of hydrogen-bond acceptors (Lipinski definition) is 4. The first-order chi connectivity index (χ1) is 8.45. The van der Waals surface area contributed by atoms with Crippen LogP contribution in [0.5, 0.6) is 0 Å². The van der Waals surface area contributed by atoms with Crippen molar-refractivity contribution in [1.29, 1.82) is 0 Å². The van der Waals surface area contributed by atoms with E-state index in [4.69, 9.17) is 0 Å². The summed E-state index contributed by atoms with van der Waals surface area (Å²) >= 11 is 0. The van der Waals surface area contributed by atoms with E-state index in [-0.39, 0.29) is 0 Å². The number of nitrogens with one attached hydrogen (secondary N) is 1. The molecule has 1 unspecified atom stereocenters. The van der Waals surface area contributed by atoms with E-state index in [0.29, 0.717) is 18.0 Å². The number of piperidine rings is 1. The molecule has 1 aliphatic rings. The van der Waals surface area contributed by atoms with Crippen LogP contribution in [0.4, 0.5) is 0 Å². The van der Waals surface area contributed by atoms with Gasteiger partial charge in [-0.05, 0) is 52.4 Å². The van der Waals surface area contributed by atoms with Gasteiger partial charge in [-0.3, -0.25) is 4.90 Å². The zero-order chi connectivity index (χ0) is 13.6. The van der Waals surface area contributed by atoms with Crippen molar-refractivity contribution in [3.05, 3.63) is 0 Å². The Morgan fingerprint density at radius 3 is 2.61 bits per heavy atom. The van der Waals surface area contributed by atoms with Gasteiger partial charge in [0.15, 0.2) is 0 Å². The van der Waals surface area contributed by atoms with Crippen LogP contribution in [0.2, 0.25) is 0 Å². The molecule has 0 bridgehead atoms. The van der Waals surface area contributed by atoms with Crippen LogP contribution >= 0.6 is 0 Å². The Labute approximate surface area is 112 Å². The summed E-state index contributed by atoms with van der Waals surface area (Å²) in [4.78, 5) is 14.9. The number of carbonyl (C=O) groups is 1. The summed E-state index contributed by atoms with van der Waals surface area (Å²) in [6.07, 6.45) is 3.51. The van der Waals surface area contributed by atoms with E-state index >= 15 is 0 Å². The molecule has 4 heteroatoms. The van der Waals surface area contributed by atoms with Gasteiger partial charge >= 0.3 is 0 Å². The second-order valence-corrected chi connectivity index (χ2v) is 6.28. The fraction of sp³-hybridized carbons (Fsp3) is 0.929. The van der Waals surface area contributed by atoms with Gasteiger partial charge in [0.1, 0.15) is 6.29 Å². The lowest BCUT2D eigenvalue weighted by atomic mass is 9.80. The van der Waals surface area contributed by atoms with Gasteiger partial charge in [0.05, 0.1) is 6.54 Å². The van der Waals surface area contributed by atoms with Crippen molar-refractivity contribution in [3.63, 3.8) is 0 Å². The molecule has 0 radical (unpaired) electrons. The quantitative estimate of drug-likeness (QED) is 0.684. The lowest BCUT2D eigenvalue weighted by molar-refractivity contribution is -0.108. The van der Waals surface area contributed by atoms with Crippen LogP contribution in [0.25, 0.3) is 0 Å². The monoisotopic (exact) mass is 255 g/mol. The van der Waals surface area contributed by atoms with Crippen molar-refractivity contribution in [2.45, 2.75) is 32.7 Å². The highest BCUT2D eigenvalue weighted by atomic mass is 16.1. The lowest BCUT2D eigenvalue weighted by Gasteiger charge is -2.39. The zero-order valence-corrected chi connectivity index (χ0v) is 12.4. The van der Waals surface area contributed by atoms with Crippen molar-refractivity contribution in [1.82, 2.24) is 15.1 Å². The highest BCUT2D eigenvalue weighted by Crippen LogP contribution is 2.29. The van der Waals surface area contributed by atoms with Crippen molar-refractivity contribution >= 4 is 6.29 Å². The molecule has 1 rings (SSSR count). The first-order valence-electron chi connectivity index (χ1n) is 6.99. The van der Waals surface area contributed by atoms with Crippen LogP contribution in [-0.2, 0) is 4.79 Å². The summed E-state index contributed by atoms with van der Waals surface area (Å²) in [5.41, 5.74) is 0.435. The van der Waals surface area contributed by atoms with Crippen LogP contribution < -0.4 is 5.32 Å². The number of rotatable bonds is 7. The van der Waals surface area contributed by atoms with Crippen LogP contribution in [0.15, 0.2) is 0 Å². The molecule has 4 nitrogen and oxygen atoms in total. The third-order valence-electron chi connectivity index (χ3n) is 4.04. The normalized spacial score (nSPS) is 22.1. The van der Waals surface area contributed by atoms with Crippen LogP contribution in [0.1, 0.15) is 26.7 Å². The summed E-state index contributed by atoms with van der Waals surface area (Å²) in [6, 6.07) is 0.437. The van der Waals surface area contributed by atoms with E-state index in [9.17, 15) is 4.79 Å². The molecule has 18 heavy (non-hydrogen) atoms. The Bertz CT molecular complexity index is 249. The first kappa shape index (κ1) is 15.6. The molecule has 0 amide bonds. The predicted molar refractivity (Wildman–Crippen MR) is 75.9 cm³/mol. The molecule has 1 fully saturated rings. The van der Waals surface area contributed by atoms with E-state index < -0.39 is 0 Å². The fourth-order valence-corrected chi connectivity index (χ4v) is 2.49. The summed E-state index contributed by atoms with van der Waals surface area (Å²) in [5.74, 6) is 0. The largest absolute Gasteiger partial charge is 0.312 e. The highest BCUT2D eigenvalue weighted by molar-refractivity contribution is 5.51. The minimum absolute atomic E-state index is 0.435. The molecule has 0 aromatic carbocycles. The second kappa shape index (κ2) is 7.22. The van der Waals surface area contributed by atoms with E-state index in [1.807, 2.05) is 7.05 Å². The standard InChI is InChI=1S/C14H29N3O/c1-13(11-17(4)9-10-18)15-12-14(2)5-7-16(3)8-6-14/h10,13,15H,5-9,11-12H2,1-4H3. The molecule has 0 saturated carbocycles. The minimum atomic E-state index is 0.435. The van der Waals surface area contributed by atoms with Crippen LogP contribution in [0.3, 0.4) is 0 Å². The smallest absolute Gasteiger partial charge is 0.133 e. The third kappa shape index (κ3) is 5.46. The summed E-state index contributed by atoms with van der Waals surface area (Å²) in [7, 11) is 4.19. The highest BCUT2D eigenvalue weighted by Gasteiger charge is 2.28. The third-order valence-corrected chi connectivity index (χ3v) is 4.04. The van der Waals surface area contributed by atoms with Crippen LogP contribution in [-0.4, -0.2) is 68.9 Å². The number of aldehydes is 1. The van der Waals surface area contributed by atoms with Gasteiger partial charge in [0.25, 0.3) is 0 Å². The first-order valence-corrected chi connectivity index (χ1v) is 6.99. The van der Waals surface area contributed by atoms with Crippen LogP contribution in [0, 0.1) is 5.41 Å². The van der Waals surface area contributed by atoms with Crippen molar-refractivity contribution in [2.24, 2.45) is 5.41 Å². The minimum Gasteiger partial charge on any atom is -0.312 e. The Morgan fingerprint density at radius 1 is 1.44 bits per heavy atom. The number of likely N-dealkylation sites (tertiary alicyclic amines) is 1. The Kier molecular flexibility index (Phi) is 6.26. The summed E-state index contributed by atoms with van der Waals surface area (Å²) in [6.45, 7) is 9.52. The van der Waals surface area contributed by atoms with Gasteiger partial charge in [0, 0.05) is 19.1 Å². The topological polar surface area (TPSA) is 35.6 Å². The number of likely N-dealkylation sites (N-methyl/N-ethyl adjacent to an activating group) is 1. The molecule has 0 spiro atoms. The van der Waals surface area contributed by atoms with E-state index in [2.05, 4.69) is 36.0 Å². The maximum absolute atomic E-state index is 10.4. The average Bonchev–Trinajstić information content (AvgIpc) is 2.31. The van der Waals surface area contributed by atoms with Gasteiger partial charge in [-0.15, -0.1) is 0 Å². The Morgan fingerprint density at radius 2 is 2.06 bits per heavy atom. The molecule has 0 aromatic heterocycles. The molecule has 0 aliphatic carbocycles. The maximum atomic E-state index is 10.4. The van der Waals surface area contributed by atoms with Crippen molar-refractivity contribution in [3.8, 4) is 0 Å².